The van der Waals surface area contributed by atoms with Crippen molar-refractivity contribution in [3.63, 3.8) is 0 Å². The Morgan fingerprint density at radius 2 is 1.64 bits per heavy atom. The molecule has 0 radical (unpaired) electrons. The summed E-state index contributed by atoms with van der Waals surface area (Å²) in [6, 6.07) is 11.6. The van der Waals surface area contributed by atoms with E-state index >= 15 is 0 Å². The fourth-order valence-corrected chi connectivity index (χ4v) is 4.91. The molecule has 2 aromatic carbocycles. The van der Waals surface area contributed by atoms with E-state index in [0.29, 0.717) is 27.9 Å². The predicted molar refractivity (Wildman–Crippen MR) is 108 cm³/mol. The van der Waals surface area contributed by atoms with Gasteiger partial charge in [-0.05, 0) is 32.0 Å². The van der Waals surface area contributed by atoms with E-state index in [0.717, 1.165) is 9.35 Å². The zero-order valence-electron chi connectivity index (χ0n) is 15.1. The van der Waals surface area contributed by atoms with Crippen molar-refractivity contribution < 1.29 is 14.4 Å². The number of amides is 1. The summed E-state index contributed by atoms with van der Waals surface area (Å²) in [5.74, 6) is -0.612. The number of aromatic nitrogens is 2. The summed E-state index contributed by atoms with van der Waals surface area (Å²) in [6.45, 7) is 3.64. The minimum Gasteiger partial charge on any atom is -0.325 e. The minimum atomic E-state index is -0.388. The van der Waals surface area contributed by atoms with E-state index in [1.807, 2.05) is 6.92 Å². The van der Waals surface area contributed by atoms with Crippen LogP contribution in [0.25, 0.3) is 0 Å². The molecule has 1 amide bonds. The monoisotopic (exact) mass is 409 g/mol. The molecule has 1 aliphatic carbocycles. The topological polar surface area (TPSA) is 89.0 Å². The van der Waals surface area contributed by atoms with Crippen LogP contribution in [0.1, 0.15) is 43.8 Å². The summed E-state index contributed by atoms with van der Waals surface area (Å²) in [4.78, 5) is 37.9. The number of thioether (sulfide) groups is 1. The number of carbonyl (C=O) groups excluding carboxylic acids is 3. The quantitative estimate of drug-likeness (QED) is 0.517. The van der Waals surface area contributed by atoms with Crippen LogP contribution in [0.4, 0.5) is 5.69 Å². The highest BCUT2D eigenvalue weighted by Crippen LogP contribution is 2.30. The van der Waals surface area contributed by atoms with E-state index in [1.165, 1.54) is 23.1 Å². The standard InChI is InChI=1S/C20H15N3O3S2/c1-10(27-20-23-22-11(2)28-20)19(26)21-12-7-8-15-16(9-12)18(25)14-6-4-3-5-13(14)17(15)24/h3-10H,1-2H3,(H,21,26)/t10-/m0/s1. The molecule has 0 fully saturated rings. The molecule has 6 nitrogen and oxygen atoms in total. The van der Waals surface area contributed by atoms with Gasteiger partial charge in [0.25, 0.3) is 0 Å². The van der Waals surface area contributed by atoms with Gasteiger partial charge in [0.05, 0.1) is 5.25 Å². The van der Waals surface area contributed by atoms with Gasteiger partial charge in [-0.3, -0.25) is 14.4 Å². The Morgan fingerprint density at radius 3 is 2.29 bits per heavy atom. The maximum Gasteiger partial charge on any atom is 0.237 e. The molecule has 0 aliphatic heterocycles. The van der Waals surface area contributed by atoms with Crippen molar-refractivity contribution >= 4 is 46.3 Å². The number of nitrogens with zero attached hydrogens (tertiary/aromatic N) is 2. The first-order valence-electron chi connectivity index (χ1n) is 8.54. The summed E-state index contributed by atoms with van der Waals surface area (Å²) >= 11 is 2.75. The fourth-order valence-electron chi connectivity index (χ4n) is 2.95. The van der Waals surface area contributed by atoms with Crippen LogP contribution in [-0.4, -0.2) is 32.9 Å². The van der Waals surface area contributed by atoms with Crippen molar-refractivity contribution in [1.82, 2.24) is 10.2 Å². The van der Waals surface area contributed by atoms with Gasteiger partial charge in [0.2, 0.25) is 5.91 Å². The van der Waals surface area contributed by atoms with Crippen molar-refractivity contribution in [3.05, 3.63) is 69.7 Å². The average molecular weight is 409 g/mol. The van der Waals surface area contributed by atoms with Crippen molar-refractivity contribution in [1.29, 1.82) is 0 Å². The van der Waals surface area contributed by atoms with Crippen molar-refractivity contribution in [2.75, 3.05) is 5.32 Å². The van der Waals surface area contributed by atoms with Gasteiger partial charge >= 0.3 is 0 Å². The number of fused-ring (bicyclic) bond motifs is 2. The molecule has 0 bridgehead atoms. The van der Waals surface area contributed by atoms with Gasteiger partial charge in [-0.1, -0.05) is 47.4 Å². The lowest BCUT2D eigenvalue weighted by Crippen LogP contribution is -2.24. The Bertz CT molecular complexity index is 1120. The second-order valence-corrected chi connectivity index (χ2v) is 9.07. The molecule has 3 aromatic rings. The molecule has 1 atom stereocenters. The molecular weight excluding hydrogens is 394 g/mol. The molecule has 140 valence electrons. The number of nitrogens with one attached hydrogen (secondary N) is 1. The molecule has 1 heterocycles. The smallest absolute Gasteiger partial charge is 0.237 e. The highest BCUT2D eigenvalue weighted by atomic mass is 32.2. The van der Waals surface area contributed by atoms with Crippen LogP contribution in [0.5, 0.6) is 0 Å². The number of ketones is 2. The lowest BCUT2D eigenvalue weighted by Gasteiger charge is -2.18. The molecule has 0 unspecified atom stereocenters. The first kappa shape index (κ1) is 18.5. The lowest BCUT2D eigenvalue weighted by atomic mass is 9.84. The molecule has 1 aliphatic rings. The van der Waals surface area contributed by atoms with E-state index in [4.69, 9.17) is 0 Å². The van der Waals surface area contributed by atoms with E-state index in [1.54, 1.807) is 49.4 Å². The Balaban J connectivity index is 1.55. The molecule has 1 aromatic heterocycles. The van der Waals surface area contributed by atoms with E-state index in [9.17, 15) is 14.4 Å². The molecule has 8 heteroatoms. The van der Waals surface area contributed by atoms with Crippen molar-refractivity contribution in [3.8, 4) is 0 Å². The van der Waals surface area contributed by atoms with Crippen molar-refractivity contribution in [2.24, 2.45) is 0 Å². The first-order chi connectivity index (χ1) is 13.4. The molecule has 0 spiro atoms. The predicted octanol–water partition coefficient (Wildman–Crippen LogP) is 3.74. The van der Waals surface area contributed by atoms with Crippen LogP contribution >= 0.6 is 23.1 Å². The van der Waals surface area contributed by atoms with Gasteiger partial charge in [0, 0.05) is 27.9 Å². The van der Waals surface area contributed by atoms with Gasteiger partial charge in [0.1, 0.15) is 5.01 Å². The number of hydrogen-bond donors (Lipinski definition) is 1. The largest absolute Gasteiger partial charge is 0.325 e. The molecule has 1 N–H and O–H groups in total. The highest BCUT2D eigenvalue weighted by Gasteiger charge is 2.29. The van der Waals surface area contributed by atoms with Crippen LogP contribution in [0.15, 0.2) is 46.8 Å². The van der Waals surface area contributed by atoms with Crippen LogP contribution in [-0.2, 0) is 4.79 Å². The van der Waals surface area contributed by atoms with E-state index in [-0.39, 0.29) is 22.7 Å². The normalized spacial score (nSPS) is 13.6. The lowest BCUT2D eigenvalue weighted by molar-refractivity contribution is -0.115. The summed E-state index contributed by atoms with van der Waals surface area (Å²) < 4.78 is 0.725. The van der Waals surface area contributed by atoms with Gasteiger partial charge in [-0.25, -0.2) is 0 Å². The number of carbonyl (C=O) groups is 3. The Kier molecular flexibility index (Phi) is 4.82. The number of benzene rings is 2. The van der Waals surface area contributed by atoms with Crippen LogP contribution < -0.4 is 5.32 Å². The number of anilines is 1. The van der Waals surface area contributed by atoms with Gasteiger partial charge in [-0.15, -0.1) is 10.2 Å². The number of aryl methyl sites for hydroxylation is 1. The molecule has 0 saturated heterocycles. The van der Waals surface area contributed by atoms with E-state index in [2.05, 4.69) is 15.5 Å². The molecular formula is C20H15N3O3S2. The van der Waals surface area contributed by atoms with Gasteiger partial charge < -0.3 is 5.32 Å². The number of rotatable bonds is 4. The third-order valence-corrected chi connectivity index (χ3v) is 6.37. The minimum absolute atomic E-state index is 0.182. The maximum absolute atomic E-state index is 12.8. The van der Waals surface area contributed by atoms with Gasteiger partial charge in [0.15, 0.2) is 15.9 Å². The van der Waals surface area contributed by atoms with Gasteiger partial charge in [-0.2, -0.15) is 0 Å². The third-order valence-electron chi connectivity index (χ3n) is 4.35. The molecule has 28 heavy (non-hydrogen) atoms. The second-order valence-electron chi connectivity index (χ2n) is 6.30. The highest BCUT2D eigenvalue weighted by molar-refractivity contribution is 8.02. The summed E-state index contributed by atoms with van der Waals surface area (Å²) in [5.41, 5.74) is 1.94. The Morgan fingerprint density at radius 1 is 1.00 bits per heavy atom. The maximum atomic E-state index is 12.8. The Hall–Kier alpha value is -2.84. The zero-order valence-corrected chi connectivity index (χ0v) is 16.7. The summed E-state index contributed by atoms with van der Waals surface area (Å²) in [7, 11) is 0. The van der Waals surface area contributed by atoms with E-state index < -0.39 is 0 Å². The summed E-state index contributed by atoms with van der Waals surface area (Å²) in [6.07, 6.45) is 0. The first-order valence-corrected chi connectivity index (χ1v) is 10.2. The summed E-state index contributed by atoms with van der Waals surface area (Å²) in [5, 5.41) is 11.2. The Labute approximate surface area is 169 Å². The van der Waals surface area contributed by atoms with Crippen LogP contribution in [0.2, 0.25) is 0 Å². The fraction of sp³-hybridized carbons (Fsp3) is 0.150. The van der Waals surface area contributed by atoms with Crippen LogP contribution in [0.3, 0.4) is 0 Å². The zero-order chi connectivity index (χ0) is 19.8. The van der Waals surface area contributed by atoms with Crippen molar-refractivity contribution in [2.45, 2.75) is 23.4 Å². The molecule has 4 rings (SSSR count). The average Bonchev–Trinajstić information content (AvgIpc) is 3.10. The third kappa shape index (κ3) is 3.36. The van der Waals surface area contributed by atoms with Crippen LogP contribution in [0, 0.1) is 6.92 Å². The SMILES string of the molecule is Cc1nnc(S[C@@H](C)C(=O)Nc2ccc3c(c2)C(=O)c2ccccc2C3=O)s1. The molecule has 0 saturated carbocycles. The second kappa shape index (κ2) is 7.29. The number of hydrogen-bond acceptors (Lipinski definition) is 7.